The van der Waals surface area contributed by atoms with Crippen LogP contribution in [-0.2, 0) is 4.79 Å². The summed E-state index contributed by atoms with van der Waals surface area (Å²) in [7, 11) is 0. The summed E-state index contributed by atoms with van der Waals surface area (Å²) < 4.78 is 0. The Hall–Kier alpha value is -1.17. The van der Waals surface area contributed by atoms with Crippen molar-refractivity contribution in [2.24, 2.45) is 11.8 Å². The van der Waals surface area contributed by atoms with Gasteiger partial charge in [0.05, 0.1) is 5.92 Å². The van der Waals surface area contributed by atoms with Crippen molar-refractivity contribution in [2.45, 2.75) is 32.6 Å². The molecule has 3 rings (SSSR count). The second-order valence-corrected chi connectivity index (χ2v) is 6.95. The predicted molar refractivity (Wildman–Crippen MR) is 99.6 cm³/mol. The lowest BCUT2D eigenvalue weighted by molar-refractivity contribution is -0.121. The topological polar surface area (TPSA) is 57.3 Å². The number of anilines is 1. The van der Waals surface area contributed by atoms with E-state index in [1.165, 1.54) is 12.8 Å². The number of halogens is 1. The summed E-state index contributed by atoms with van der Waals surface area (Å²) >= 11 is 0. The molecule has 1 unspecified atom stereocenters. The van der Waals surface area contributed by atoms with Crippen LogP contribution in [0, 0.1) is 18.8 Å². The highest BCUT2D eigenvalue weighted by Crippen LogP contribution is 2.21. The zero-order chi connectivity index (χ0) is 16.1. The molecule has 3 heterocycles. The van der Waals surface area contributed by atoms with Crippen LogP contribution in [-0.4, -0.2) is 48.5 Å². The molecule has 24 heavy (non-hydrogen) atoms. The molecule has 1 atom stereocenters. The molecule has 1 amide bonds. The van der Waals surface area contributed by atoms with Crippen LogP contribution < -0.4 is 10.6 Å². The number of piperidine rings is 2. The molecule has 134 valence electrons. The third-order valence-corrected chi connectivity index (χ3v) is 4.99. The maximum atomic E-state index is 12.5. The van der Waals surface area contributed by atoms with E-state index in [1.54, 1.807) is 0 Å². The number of nitrogens with one attached hydrogen (secondary N) is 2. The van der Waals surface area contributed by atoms with E-state index in [9.17, 15) is 4.79 Å². The van der Waals surface area contributed by atoms with Gasteiger partial charge in [0.25, 0.3) is 0 Å². The molecule has 2 saturated heterocycles. The number of carbonyl (C=O) groups excluding carboxylic acids is 1. The summed E-state index contributed by atoms with van der Waals surface area (Å²) in [6.45, 7) is 7.39. The van der Waals surface area contributed by atoms with Crippen molar-refractivity contribution in [3.63, 3.8) is 0 Å². The first-order valence-corrected chi connectivity index (χ1v) is 8.88. The molecule has 2 aliphatic rings. The largest absolute Gasteiger partial charge is 0.317 e. The molecule has 2 N–H and O–H groups in total. The first-order valence-electron chi connectivity index (χ1n) is 8.88. The molecule has 0 aliphatic carbocycles. The number of pyridine rings is 1. The number of hydrogen-bond acceptors (Lipinski definition) is 4. The molecule has 5 nitrogen and oxygen atoms in total. The zero-order valence-corrected chi connectivity index (χ0v) is 15.3. The average Bonchev–Trinajstić information content (AvgIpc) is 2.56. The quantitative estimate of drug-likeness (QED) is 0.874. The van der Waals surface area contributed by atoms with Gasteiger partial charge >= 0.3 is 0 Å². The van der Waals surface area contributed by atoms with Crippen LogP contribution in [0.15, 0.2) is 18.2 Å². The third-order valence-electron chi connectivity index (χ3n) is 4.99. The molecule has 1 aromatic heterocycles. The van der Waals surface area contributed by atoms with Crippen molar-refractivity contribution in [3.05, 3.63) is 23.9 Å². The lowest BCUT2D eigenvalue weighted by Crippen LogP contribution is -2.44. The Kier molecular flexibility index (Phi) is 7.46. The molecule has 0 bridgehead atoms. The normalized spacial score (nSPS) is 22.6. The van der Waals surface area contributed by atoms with E-state index in [1.807, 2.05) is 25.1 Å². The lowest BCUT2D eigenvalue weighted by atomic mass is 9.93. The van der Waals surface area contributed by atoms with E-state index in [4.69, 9.17) is 0 Å². The molecule has 2 aliphatic heterocycles. The van der Waals surface area contributed by atoms with Crippen LogP contribution in [0.5, 0.6) is 0 Å². The van der Waals surface area contributed by atoms with Crippen molar-refractivity contribution < 1.29 is 4.79 Å². The van der Waals surface area contributed by atoms with Gasteiger partial charge in [-0.05, 0) is 70.3 Å². The van der Waals surface area contributed by atoms with Gasteiger partial charge in [-0.15, -0.1) is 12.4 Å². The van der Waals surface area contributed by atoms with Crippen molar-refractivity contribution in [1.82, 2.24) is 15.2 Å². The summed E-state index contributed by atoms with van der Waals surface area (Å²) in [6.07, 6.45) is 4.63. The molecule has 1 aromatic rings. The fourth-order valence-electron chi connectivity index (χ4n) is 3.71. The Balaban J connectivity index is 0.00000208. The van der Waals surface area contributed by atoms with Gasteiger partial charge in [-0.3, -0.25) is 4.79 Å². The zero-order valence-electron chi connectivity index (χ0n) is 14.5. The number of carbonyl (C=O) groups is 1. The third kappa shape index (κ3) is 5.43. The highest BCUT2D eigenvalue weighted by atomic mass is 35.5. The number of rotatable bonds is 4. The first-order chi connectivity index (χ1) is 11.2. The minimum atomic E-state index is 0. The highest BCUT2D eigenvalue weighted by molar-refractivity contribution is 5.91. The Bertz CT molecular complexity index is 534. The van der Waals surface area contributed by atoms with Crippen LogP contribution in [0.2, 0.25) is 0 Å². The Labute approximate surface area is 151 Å². The Morgan fingerprint density at radius 2 is 2.12 bits per heavy atom. The predicted octanol–water partition coefficient (Wildman–Crippen LogP) is 2.46. The molecule has 0 spiro atoms. The van der Waals surface area contributed by atoms with Crippen molar-refractivity contribution in [3.8, 4) is 0 Å². The fraction of sp³-hybridized carbons (Fsp3) is 0.667. The van der Waals surface area contributed by atoms with Crippen LogP contribution in [0.1, 0.15) is 31.4 Å². The Morgan fingerprint density at radius 1 is 1.33 bits per heavy atom. The summed E-state index contributed by atoms with van der Waals surface area (Å²) in [4.78, 5) is 19.4. The molecule has 6 heteroatoms. The van der Waals surface area contributed by atoms with Gasteiger partial charge in [0.2, 0.25) is 5.91 Å². The van der Waals surface area contributed by atoms with E-state index >= 15 is 0 Å². The van der Waals surface area contributed by atoms with Gasteiger partial charge in [-0.2, -0.15) is 0 Å². The number of amides is 1. The number of hydrogen-bond donors (Lipinski definition) is 2. The number of aromatic nitrogens is 1. The highest BCUT2D eigenvalue weighted by Gasteiger charge is 2.27. The van der Waals surface area contributed by atoms with E-state index in [0.29, 0.717) is 5.82 Å². The Morgan fingerprint density at radius 3 is 2.88 bits per heavy atom. The van der Waals surface area contributed by atoms with Gasteiger partial charge in [-0.25, -0.2) is 4.98 Å². The van der Waals surface area contributed by atoms with Gasteiger partial charge in [0.1, 0.15) is 5.82 Å². The van der Waals surface area contributed by atoms with Gasteiger partial charge in [-0.1, -0.05) is 6.07 Å². The summed E-state index contributed by atoms with van der Waals surface area (Å²) in [6, 6.07) is 5.74. The summed E-state index contributed by atoms with van der Waals surface area (Å²) in [5.74, 6) is 1.67. The number of likely N-dealkylation sites (tertiary alicyclic amines) is 1. The van der Waals surface area contributed by atoms with Crippen molar-refractivity contribution in [2.75, 3.05) is 38.0 Å². The van der Waals surface area contributed by atoms with Crippen molar-refractivity contribution >= 4 is 24.1 Å². The smallest absolute Gasteiger partial charge is 0.229 e. The molecule has 0 aromatic carbocycles. The number of nitrogens with zero attached hydrogens (tertiary/aromatic N) is 2. The molecule has 0 radical (unpaired) electrons. The van der Waals surface area contributed by atoms with Gasteiger partial charge in [0.15, 0.2) is 0 Å². The SMILES string of the molecule is Cc1cccc(NC(=O)C2CCCN(CC3CCNCC3)C2)n1.Cl. The van der Waals surface area contributed by atoms with Crippen molar-refractivity contribution in [1.29, 1.82) is 0 Å². The van der Waals surface area contributed by atoms with Crippen LogP contribution in [0.25, 0.3) is 0 Å². The van der Waals surface area contributed by atoms with Crippen LogP contribution in [0.3, 0.4) is 0 Å². The second kappa shape index (κ2) is 9.35. The molecular formula is C18H29ClN4O. The molecular weight excluding hydrogens is 324 g/mol. The fourth-order valence-corrected chi connectivity index (χ4v) is 3.71. The summed E-state index contributed by atoms with van der Waals surface area (Å²) in [5, 5.41) is 6.41. The standard InChI is InChI=1S/C18H28N4O.ClH/c1-14-4-2-6-17(20-14)21-18(23)16-5-3-11-22(13-16)12-15-7-9-19-10-8-15;/h2,4,6,15-16,19H,3,5,7-13H2,1H3,(H,20,21,23);1H. The van der Waals surface area contributed by atoms with Crippen LogP contribution >= 0.6 is 12.4 Å². The number of aryl methyl sites for hydroxylation is 1. The monoisotopic (exact) mass is 352 g/mol. The van der Waals surface area contributed by atoms with E-state index in [0.717, 1.165) is 57.2 Å². The maximum Gasteiger partial charge on any atom is 0.229 e. The van der Waals surface area contributed by atoms with Gasteiger partial charge < -0.3 is 15.5 Å². The minimum Gasteiger partial charge on any atom is -0.317 e. The van der Waals surface area contributed by atoms with Crippen LogP contribution in [0.4, 0.5) is 5.82 Å². The second-order valence-electron chi connectivity index (χ2n) is 6.95. The van der Waals surface area contributed by atoms with E-state index < -0.39 is 0 Å². The average molecular weight is 353 g/mol. The molecule has 0 saturated carbocycles. The van der Waals surface area contributed by atoms with E-state index in [2.05, 4.69) is 20.5 Å². The lowest BCUT2D eigenvalue weighted by Gasteiger charge is -2.35. The minimum absolute atomic E-state index is 0. The molecule has 2 fully saturated rings. The summed E-state index contributed by atoms with van der Waals surface area (Å²) in [5.41, 5.74) is 0.930. The van der Waals surface area contributed by atoms with E-state index in [-0.39, 0.29) is 24.2 Å². The van der Waals surface area contributed by atoms with Gasteiger partial charge in [0, 0.05) is 18.8 Å². The maximum absolute atomic E-state index is 12.5. The first kappa shape index (κ1) is 19.2.